The fraction of sp³-hybridized carbons (Fsp3) is 0.438. The molecule has 1 heterocycles. The Morgan fingerprint density at radius 1 is 1.20 bits per heavy atom. The molecule has 0 spiro atoms. The van der Waals surface area contributed by atoms with Gasteiger partial charge in [-0.25, -0.2) is 4.98 Å². The van der Waals surface area contributed by atoms with Gasteiger partial charge in [0, 0.05) is 22.4 Å². The summed E-state index contributed by atoms with van der Waals surface area (Å²) in [5.74, 6) is 0.286. The highest BCUT2D eigenvalue weighted by Crippen LogP contribution is 2.34. The molecular formula is C16H22N2OS. The first-order valence-corrected chi connectivity index (χ1v) is 7.73. The van der Waals surface area contributed by atoms with Gasteiger partial charge in [0.05, 0.1) is 5.69 Å². The quantitative estimate of drug-likeness (QED) is 0.897. The van der Waals surface area contributed by atoms with Crippen LogP contribution in [0.5, 0.6) is 5.75 Å². The molecule has 108 valence electrons. The van der Waals surface area contributed by atoms with Gasteiger partial charge >= 0.3 is 0 Å². The van der Waals surface area contributed by atoms with Crippen molar-refractivity contribution in [2.24, 2.45) is 0 Å². The lowest BCUT2D eigenvalue weighted by atomic mass is 9.91. The predicted octanol–water partition coefficient (Wildman–Crippen LogP) is 3.92. The highest BCUT2D eigenvalue weighted by atomic mass is 32.1. The Morgan fingerprint density at radius 3 is 2.40 bits per heavy atom. The van der Waals surface area contributed by atoms with Gasteiger partial charge in [0.15, 0.2) is 0 Å². The van der Waals surface area contributed by atoms with Crippen LogP contribution < -0.4 is 5.32 Å². The maximum absolute atomic E-state index is 9.38. The molecule has 0 aliphatic heterocycles. The van der Waals surface area contributed by atoms with Gasteiger partial charge < -0.3 is 10.4 Å². The first kappa shape index (κ1) is 15.0. The summed E-state index contributed by atoms with van der Waals surface area (Å²) in [4.78, 5) is 6.13. The molecule has 3 nitrogen and oxygen atoms in total. The molecular weight excluding hydrogens is 268 g/mol. The van der Waals surface area contributed by atoms with E-state index in [0.29, 0.717) is 0 Å². The third-order valence-electron chi connectivity index (χ3n) is 3.06. The predicted molar refractivity (Wildman–Crippen MR) is 85.3 cm³/mol. The topological polar surface area (TPSA) is 45.1 Å². The molecule has 0 aliphatic rings. The molecule has 4 heteroatoms. The third-order valence-corrected chi connectivity index (χ3v) is 4.16. The second kappa shape index (κ2) is 5.94. The molecule has 0 radical (unpaired) electrons. The second-order valence-electron chi connectivity index (χ2n) is 5.87. The Labute approximate surface area is 124 Å². The molecule has 0 saturated carbocycles. The maximum atomic E-state index is 9.38. The third kappa shape index (κ3) is 3.38. The number of hydrogen-bond acceptors (Lipinski definition) is 4. The molecule has 2 N–H and O–H groups in total. The number of phenolic OH excluding ortho intramolecular Hbond substituents is 1. The number of rotatable bonds is 4. The maximum Gasteiger partial charge on any atom is 0.123 e. The first-order valence-electron chi connectivity index (χ1n) is 6.92. The molecule has 2 rings (SSSR count). The Morgan fingerprint density at radius 2 is 1.85 bits per heavy atom. The van der Waals surface area contributed by atoms with Crippen LogP contribution in [0, 0.1) is 0 Å². The lowest BCUT2D eigenvalue weighted by Gasteiger charge is -2.17. The SMILES string of the molecule is CCNCc1sc(-c2ccc(O)cc2)nc1C(C)(C)C. The number of nitrogens with zero attached hydrogens (tertiary/aromatic N) is 1. The van der Waals surface area contributed by atoms with Crippen molar-refractivity contribution in [3.63, 3.8) is 0 Å². The van der Waals surface area contributed by atoms with E-state index in [1.807, 2.05) is 12.1 Å². The van der Waals surface area contributed by atoms with Gasteiger partial charge in [-0.05, 0) is 30.8 Å². The number of benzene rings is 1. The Bertz CT molecular complexity index is 567. The van der Waals surface area contributed by atoms with Crippen molar-refractivity contribution in [2.45, 2.75) is 39.7 Å². The van der Waals surface area contributed by atoms with Crippen LogP contribution >= 0.6 is 11.3 Å². The van der Waals surface area contributed by atoms with E-state index in [4.69, 9.17) is 4.98 Å². The minimum absolute atomic E-state index is 0.0381. The van der Waals surface area contributed by atoms with Crippen molar-refractivity contribution in [1.82, 2.24) is 10.3 Å². The highest BCUT2D eigenvalue weighted by molar-refractivity contribution is 7.15. The van der Waals surface area contributed by atoms with Gasteiger partial charge in [-0.1, -0.05) is 27.7 Å². The summed E-state index contributed by atoms with van der Waals surface area (Å²) in [5, 5.41) is 13.8. The van der Waals surface area contributed by atoms with Crippen LogP contribution in [-0.4, -0.2) is 16.6 Å². The average molecular weight is 290 g/mol. The molecule has 2 aromatic rings. The number of phenols is 1. The van der Waals surface area contributed by atoms with E-state index in [0.717, 1.165) is 29.4 Å². The van der Waals surface area contributed by atoms with Crippen LogP contribution in [-0.2, 0) is 12.0 Å². The normalized spacial score (nSPS) is 11.8. The Balaban J connectivity index is 2.40. The average Bonchev–Trinajstić information content (AvgIpc) is 2.81. The monoisotopic (exact) mass is 290 g/mol. The van der Waals surface area contributed by atoms with Crippen molar-refractivity contribution >= 4 is 11.3 Å². The number of aromatic nitrogens is 1. The van der Waals surface area contributed by atoms with Crippen LogP contribution in [0.1, 0.15) is 38.3 Å². The Kier molecular flexibility index (Phi) is 4.45. The molecule has 0 saturated heterocycles. The number of hydrogen-bond donors (Lipinski definition) is 2. The van der Waals surface area contributed by atoms with Crippen molar-refractivity contribution < 1.29 is 5.11 Å². The summed E-state index contributed by atoms with van der Waals surface area (Å²) in [5.41, 5.74) is 2.25. The molecule has 0 unspecified atom stereocenters. The fourth-order valence-corrected chi connectivity index (χ4v) is 3.27. The fourth-order valence-electron chi connectivity index (χ4n) is 2.02. The van der Waals surface area contributed by atoms with Gasteiger partial charge in [-0.15, -0.1) is 11.3 Å². The van der Waals surface area contributed by atoms with E-state index in [9.17, 15) is 5.11 Å². The van der Waals surface area contributed by atoms with Crippen LogP contribution in [0.15, 0.2) is 24.3 Å². The minimum atomic E-state index is 0.0381. The van der Waals surface area contributed by atoms with E-state index >= 15 is 0 Å². The van der Waals surface area contributed by atoms with E-state index < -0.39 is 0 Å². The van der Waals surface area contributed by atoms with Crippen LogP contribution in [0.3, 0.4) is 0 Å². The summed E-state index contributed by atoms with van der Waals surface area (Å²) in [6, 6.07) is 7.24. The van der Waals surface area contributed by atoms with Gasteiger partial charge in [0.1, 0.15) is 10.8 Å². The lowest BCUT2D eigenvalue weighted by molar-refractivity contribution is 0.475. The molecule has 20 heavy (non-hydrogen) atoms. The highest BCUT2D eigenvalue weighted by Gasteiger charge is 2.23. The summed E-state index contributed by atoms with van der Waals surface area (Å²) in [6.07, 6.45) is 0. The zero-order chi connectivity index (χ0) is 14.8. The molecule has 0 fully saturated rings. The summed E-state index contributed by atoms with van der Waals surface area (Å²) >= 11 is 1.73. The minimum Gasteiger partial charge on any atom is -0.508 e. The summed E-state index contributed by atoms with van der Waals surface area (Å²) < 4.78 is 0. The van der Waals surface area contributed by atoms with Crippen molar-refractivity contribution in [3.8, 4) is 16.3 Å². The molecule has 1 aromatic heterocycles. The smallest absolute Gasteiger partial charge is 0.123 e. The zero-order valence-corrected chi connectivity index (χ0v) is 13.3. The molecule has 0 amide bonds. The van der Waals surface area contributed by atoms with Gasteiger partial charge in [0.2, 0.25) is 0 Å². The van der Waals surface area contributed by atoms with E-state index in [-0.39, 0.29) is 11.2 Å². The summed E-state index contributed by atoms with van der Waals surface area (Å²) in [7, 11) is 0. The van der Waals surface area contributed by atoms with Crippen molar-refractivity contribution in [2.75, 3.05) is 6.54 Å². The van der Waals surface area contributed by atoms with Crippen LogP contribution in [0.2, 0.25) is 0 Å². The zero-order valence-electron chi connectivity index (χ0n) is 12.5. The molecule has 0 aliphatic carbocycles. The number of aromatic hydroxyl groups is 1. The number of nitrogens with one attached hydrogen (secondary N) is 1. The molecule has 0 atom stereocenters. The largest absolute Gasteiger partial charge is 0.508 e. The van der Waals surface area contributed by atoms with Gasteiger partial charge in [0.25, 0.3) is 0 Å². The van der Waals surface area contributed by atoms with Gasteiger partial charge in [-0.3, -0.25) is 0 Å². The molecule has 0 bridgehead atoms. The number of thiazole rings is 1. The first-order chi connectivity index (χ1) is 9.41. The van der Waals surface area contributed by atoms with Crippen LogP contribution in [0.4, 0.5) is 0 Å². The van der Waals surface area contributed by atoms with Crippen molar-refractivity contribution in [1.29, 1.82) is 0 Å². The van der Waals surface area contributed by atoms with E-state index in [1.165, 1.54) is 4.88 Å². The van der Waals surface area contributed by atoms with Crippen LogP contribution in [0.25, 0.3) is 10.6 Å². The Hall–Kier alpha value is -1.39. The van der Waals surface area contributed by atoms with Crippen molar-refractivity contribution in [3.05, 3.63) is 34.8 Å². The van der Waals surface area contributed by atoms with E-state index in [1.54, 1.807) is 23.5 Å². The second-order valence-corrected chi connectivity index (χ2v) is 6.95. The molecule has 1 aromatic carbocycles. The van der Waals surface area contributed by atoms with E-state index in [2.05, 4.69) is 33.0 Å². The summed E-state index contributed by atoms with van der Waals surface area (Å²) in [6.45, 7) is 10.5. The lowest BCUT2D eigenvalue weighted by Crippen LogP contribution is -2.18. The standard InChI is InChI=1S/C16H22N2OS/c1-5-17-10-13-14(16(2,3)4)18-15(20-13)11-6-8-12(19)9-7-11/h6-9,17,19H,5,10H2,1-4H3. The van der Waals surface area contributed by atoms with Gasteiger partial charge in [-0.2, -0.15) is 0 Å².